The molecule has 0 radical (unpaired) electrons. The molecular weight excluding hydrogens is 518 g/mol. The zero-order valence-electron chi connectivity index (χ0n) is 18.3. The number of piperidine rings is 1. The van der Waals surface area contributed by atoms with E-state index in [1.807, 2.05) is 24.3 Å². The van der Waals surface area contributed by atoms with Crippen LogP contribution in [0.25, 0.3) is 16.9 Å². The molecule has 34 heavy (non-hydrogen) atoms. The maximum absolute atomic E-state index is 13.1. The molecule has 2 aromatic heterocycles. The van der Waals surface area contributed by atoms with Crippen LogP contribution in [0.15, 0.2) is 76.2 Å². The van der Waals surface area contributed by atoms with E-state index >= 15 is 0 Å². The first-order valence-corrected chi connectivity index (χ1v) is 13.3. The Balaban J connectivity index is 1.38. The topological polar surface area (TPSA) is 99.8 Å². The van der Waals surface area contributed by atoms with Crippen LogP contribution in [0, 0.1) is 5.92 Å². The highest BCUT2D eigenvalue weighted by Crippen LogP contribution is 2.31. The Kier molecular flexibility index (Phi) is 6.28. The number of fused-ring (bicyclic) bond motifs is 1. The molecule has 10 heteroatoms. The summed E-state index contributed by atoms with van der Waals surface area (Å²) in [6, 6.07) is 17.5. The number of halogens is 1. The second kappa shape index (κ2) is 9.36. The van der Waals surface area contributed by atoms with Crippen LogP contribution in [-0.4, -0.2) is 52.1 Å². The Morgan fingerprint density at radius 1 is 1.12 bits per heavy atom. The van der Waals surface area contributed by atoms with Crippen molar-refractivity contribution >= 4 is 37.4 Å². The molecule has 4 aromatic rings. The minimum absolute atomic E-state index is 0.142. The van der Waals surface area contributed by atoms with Crippen molar-refractivity contribution in [2.75, 3.05) is 25.0 Å². The van der Waals surface area contributed by atoms with E-state index in [2.05, 4.69) is 31.3 Å². The summed E-state index contributed by atoms with van der Waals surface area (Å²) in [6.45, 7) is 1.56. The Hall–Kier alpha value is -2.95. The van der Waals surface area contributed by atoms with Gasteiger partial charge in [0, 0.05) is 31.3 Å². The number of hydrogen-bond donors (Lipinski definition) is 2. The molecule has 5 rings (SSSR count). The zero-order valence-corrected chi connectivity index (χ0v) is 20.7. The van der Waals surface area contributed by atoms with E-state index in [1.165, 1.54) is 0 Å². The van der Waals surface area contributed by atoms with Gasteiger partial charge in [0.25, 0.3) is 0 Å². The second-order valence-corrected chi connectivity index (χ2v) is 11.1. The van der Waals surface area contributed by atoms with Gasteiger partial charge in [-0.15, -0.1) is 0 Å². The molecule has 0 aliphatic carbocycles. The summed E-state index contributed by atoms with van der Waals surface area (Å²) in [4.78, 5) is 4.99. The maximum Gasteiger partial charge on any atom is 0.243 e. The zero-order chi connectivity index (χ0) is 23.7. The molecule has 0 bridgehead atoms. The van der Waals surface area contributed by atoms with Gasteiger partial charge in [-0.05, 0) is 59.0 Å². The van der Waals surface area contributed by atoms with Crippen molar-refractivity contribution in [1.82, 2.24) is 18.9 Å². The van der Waals surface area contributed by atoms with Gasteiger partial charge in [0.2, 0.25) is 10.0 Å². The number of benzene rings is 2. The van der Waals surface area contributed by atoms with Crippen molar-refractivity contribution in [3.63, 3.8) is 0 Å². The molecule has 2 N–H and O–H groups in total. The third kappa shape index (κ3) is 4.40. The highest BCUT2D eigenvalue weighted by molar-refractivity contribution is 9.10. The normalized spacial score (nSPS) is 17.1. The Morgan fingerprint density at radius 2 is 1.88 bits per heavy atom. The molecular formula is C24H24BrN5O3S. The first kappa shape index (κ1) is 22.8. The van der Waals surface area contributed by atoms with E-state index in [0.717, 1.165) is 23.1 Å². The number of anilines is 1. The molecule has 0 amide bonds. The van der Waals surface area contributed by atoms with E-state index < -0.39 is 10.0 Å². The fourth-order valence-electron chi connectivity index (χ4n) is 4.29. The lowest BCUT2D eigenvalue weighted by Crippen LogP contribution is -2.41. The third-order valence-corrected chi connectivity index (χ3v) is 8.48. The van der Waals surface area contributed by atoms with Gasteiger partial charge >= 0.3 is 0 Å². The van der Waals surface area contributed by atoms with E-state index in [4.69, 9.17) is 0 Å². The van der Waals surface area contributed by atoms with Gasteiger partial charge in [-0.25, -0.2) is 13.4 Å². The smallest absolute Gasteiger partial charge is 0.243 e. The lowest BCUT2D eigenvalue weighted by atomic mass is 10.00. The van der Waals surface area contributed by atoms with Crippen molar-refractivity contribution in [3.05, 3.63) is 71.3 Å². The third-order valence-electron chi connectivity index (χ3n) is 6.04. The molecule has 1 aliphatic heterocycles. The summed E-state index contributed by atoms with van der Waals surface area (Å²) in [5.74, 6) is 1.01. The standard InChI is InChI=1S/C24H24BrN5O3S/c25-20-15-27-30-23(13-21(28-24(20)30)19-10-4-5-11-22(19)31)26-14-17-7-6-12-29(16-17)34(32,33)18-8-2-1-3-9-18/h1-5,8-11,13,15,17,26,31H,6-7,12,14,16H2. The average Bonchev–Trinajstić information content (AvgIpc) is 3.24. The van der Waals surface area contributed by atoms with Crippen molar-refractivity contribution in [3.8, 4) is 17.0 Å². The van der Waals surface area contributed by atoms with Crippen LogP contribution in [0.1, 0.15) is 12.8 Å². The molecule has 3 heterocycles. The summed E-state index contributed by atoms with van der Waals surface area (Å²) < 4.78 is 30.2. The van der Waals surface area contributed by atoms with Crippen LogP contribution in [-0.2, 0) is 10.0 Å². The van der Waals surface area contributed by atoms with Crippen molar-refractivity contribution in [2.24, 2.45) is 5.92 Å². The van der Waals surface area contributed by atoms with E-state index in [9.17, 15) is 13.5 Å². The van der Waals surface area contributed by atoms with E-state index in [1.54, 1.807) is 51.4 Å². The van der Waals surface area contributed by atoms with Crippen LogP contribution in [0.4, 0.5) is 5.82 Å². The number of sulfonamides is 1. The number of hydrogen-bond acceptors (Lipinski definition) is 6. The van der Waals surface area contributed by atoms with E-state index in [-0.39, 0.29) is 11.7 Å². The number of phenolic OH excluding ortho intramolecular Hbond substituents is 1. The summed E-state index contributed by atoms with van der Waals surface area (Å²) >= 11 is 3.50. The fraction of sp³-hybridized carbons (Fsp3) is 0.250. The average molecular weight is 542 g/mol. The number of rotatable bonds is 6. The Bertz CT molecular complexity index is 1430. The van der Waals surface area contributed by atoms with Gasteiger partial charge < -0.3 is 10.4 Å². The number of aromatic nitrogens is 3. The van der Waals surface area contributed by atoms with Crippen molar-refractivity contribution < 1.29 is 13.5 Å². The van der Waals surface area contributed by atoms with Gasteiger partial charge in [0.1, 0.15) is 11.6 Å². The number of aromatic hydroxyl groups is 1. The highest BCUT2D eigenvalue weighted by Gasteiger charge is 2.30. The monoisotopic (exact) mass is 541 g/mol. The predicted octanol–water partition coefficient (Wildman–Crippen LogP) is 4.38. The molecule has 0 spiro atoms. The maximum atomic E-state index is 13.1. The largest absolute Gasteiger partial charge is 0.507 e. The van der Waals surface area contributed by atoms with Gasteiger partial charge in [0.05, 0.1) is 21.3 Å². The summed E-state index contributed by atoms with van der Waals surface area (Å²) in [7, 11) is -3.51. The SMILES string of the molecule is O=S(=O)(c1ccccc1)N1CCCC(CNc2cc(-c3ccccc3O)nc3c(Br)cnn23)C1. The second-order valence-electron chi connectivity index (χ2n) is 8.34. The molecule has 1 aliphatic rings. The van der Waals surface area contributed by atoms with Gasteiger partial charge in [0.15, 0.2) is 5.65 Å². The molecule has 1 fully saturated rings. The summed E-state index contributed by atoms with van der Waals surface area (Å²) in [6.07, 6.45) is 3.41. The van der Waals surface area contributed by atoms with Crippen LogP contribution >= 0.6 is 15.9 Å². The fourth-order valence-corrected chi connectivity index (χ4v) is 6.22. The number of nitrogens with zero attached hydrogens (tertiary/aromatic N) is 4. The number of para-hydroxylation sites is 1. The quantitative estimate of drug-likeness (QED) is 0.375. The first-order valence-electron chi connectivity index (χ1n) is 11.1. The molecule has 1 unspecified atom stereocenters. The molecule has 176 valence electrons. The first-order chi connectivity index (χ1) is 16.4. The molecule has 2 aromatic carbocycles. The van der Waals surface area contributed by atoms with Gasteiger partial charge in [-0.2, -0.15) is 13.9 Å². The molecule has 1 saturated heterocycles. The minimum atomic E-state index is -3.51. The van der Waals surface area contributed by atoms with Gasteiger partial charge in [-0.1, -0.05) is 30.3 Å². The molecule has 8 nitrogen and oxygen atoms in total. The van der Waals surface area contributed by atoms with Crippen molar-refractivity contribution in [1.29, 1.82) is 0 Å². The summed E-state index contributed by atoms with van der Waals surface area (Å²) in [5.41, 5.74) is 1.87. The lowest BCUT2D eigenvalue weighted by molar-refractivity contribution is 0.275. The van der Waals surface area contributed by atoms with E-state index in [0.29, 0.717) is 41.4 Å². The Morgan fingerprint density at radius 3 is 2.68 bits per heavy atom. The Labute approximate surface area is 206 Å². The van der Waals surface area contributed by atoms with Crippen LogP contribution in [0.2, 0.25) is 0 Å². The van der Waals surface area contributed by atoms with Gasteiger partial charge in [-0.3, -0.25) is 0 Å². The predicted molar refractivity (Wildman–Crippen MR) is 134 cm³/mol. The lowest BCUT2D eigenvalue weighted by Gasteiger charge is -2.32. The number of nitrogens with one attached hydrogen (secondary N) is 1. The molecule has 0 saturated carbocycles. The number of phenols is 1. The van der Waals surface area contributed by atoms with Crippen LogP contribution in [0.3, 0.4) is 0 Å². The highest BCUT2D eigenvalue weighted by atomic mass is 79.9. The van der Waals surface area contributed by atoms with Crippen LogP contribution in [0.5, 0.6) is 5.75 Å². The van der Waals surface area contributed by atoms with Crippen LogP contribution < -0.4 is 5.32 Å². The minimum Gasteiger partial charge on any atom is -0.507 e. The molecule has 1 atom stereocenters. The summed E-state index contributed by atoms with van der Waals surface area (Å²) in [5, 5.41) is 18.2. The van der Waals surface area contributed by atoms with Crippen molar-refractivity contribution in [2.45, 2.75) is 17.7 Å².